The molecule has 1 saturated heterocycles. The lowest BCUT2D eigenvalue weighted by Gasteiger charge is -2.34. The Kier molecular flexibility index (Phi) is 3.73. The fraction of sp³-hybridized carbons (Fsp3) is 0.462. The Bertz CT molecular complexity index is 547. The third-order valence-corrected chi connectivity index (χ3v) is 3.74. The molecule has 1 aromatic carbocycles. The van der Waals surface area contributed by atoms with Crippen LogP contribution in [0.5, 0.6) is 0 Å². The normalized spacial score (nSPS) is 25.0. The number of alkyl halides is 3. The van der Waals surface area contributed by atoms with Gasteiger partial charge in [-0.2, -0.15) is 13.2 Å². The van der Waals surface area contributed by atoms with Gasteiger partial charge in [0, 0.05) is 19.1 Å². The van der Waals surface area contributed by atoms with Gasteiger partial charge in [0.25, 0.3) is 5.91 Å². The summed E-state index contributed by atoms with van der Waals surface area (Å²) >= 11 is 0. The number of fused-ring (bicyclic) bond motifs is 3. The molecule has 20 heavy (non-hydrogen) atoms. The highest BCUT2D eigenvalue weighted by atomic mass is 35.5. The van der Waals surface area contributed by atoms with Crippen molar-refractivity contribution in [1.29, 1.82) is 0 Å². The number of carbonyl (C=O) groups is 1. The molecule has 1 N–H and O–H groups in total. The van der Waals surface area contributed by atoms with Gasteiger partial charge in [-0.15, -0.1) is 12.4 Å². The van der Waals surface area contributed by atoms with Gasteiger partial charge in [-0.1, -0.05) is 12.1 Å². The third kappa shape index (κ3) is 2.16. The lowest BCUT2D eigenvalue weighted by Crippen LogP contribution is -2.50. The highest BCUT2D eigenvalue weighted by Crippen LogP contribution is 2.42. The van der Waals surface area contributed by atoms with Crippen LogP contribution in [-0.4, -0.2) is 29.9 Å². The Labute approximate surface area is 120 Å². The zero-order valence-electron chi connectivity index (χ0n) is 10.7. The molecule has 2 aliphatic heterocycles. The molecule has 2 atom stereocenters. The number of nitrogens with zero attached hydrogens (tertiary/aromatic N) is 1. The molecular formula is C13H14ClF3N2O. The summed E-state index contributed by atoms with van der Waals surface area (Å²) < 4.78 is 39.0. The van der Waals surface area contributed by atoms with Crippen molar-refractivity contribution in [1.82, 2.24) is 10.2 Å². The first-order valence-electron chi connectivity index (χ1n) is 6.14. The summed E-state index contributed by atoms with van der Waals surface area (Å²) in [5.74, 6) is -0.499. The predicted molar refractivity (Wildman–Crippen MR) is 69.9 cm³/mol. The summed E-state index contributed by atoms with van der Waals surface area (Å²) in [5, 5.41) is 3.20. The minimum atomic E-state index is -4.49. The van der Waals surface area contributed by atoms with E-state index >= 15 is 0 Å². The van der Waals surface area contributed by atoms with Gasteiger partial charge in [0.05, 0.1) is 17.2 Å². The second-order valence-electron chi connectivity index (χ2n) is 5.05. The van der Waals surface area contributed by atoms with Gasteiger partial charge >= 0.3 is 6.18 Å². The maximum Gasteiger partial charge on any atom is 0.417 e. The van der Waals surface area contributed by atoms with Crippen LogP contribution in [0.25, 0.3) is 0 Å². The molecule has 2 aliphatic rings. The van der Waals surface area contributed by atoms with Crippen LogP contribution in [0.4, 0.5) is 13.2 Å². The zero-order valence-corrected chi connectivity index (χ0v) is 11.5. The fourth-order valence-corrected chi connectivity index (χ4v) is 2.88. The van der Waals surface area contributed by atoms with Crippen molar-refractivity contribution in [3.63, 3.8) is 0 Å². The van der Waals surface area contributed by atoms with Crippen LogP contribution >= 0.6 is 12.4 Å². The van der Waals surface area contributed by atoms with Gasteiger partial charge in [0.15, 0.2) is 0 Å². The average molecular weight is 307 g/mol. The summed E-state index contributed by atoms with van der Waals surface area (Å²) in [6, 6.07) is 3.79. The van der Waals surface area contributed by atoms with Crippen LogP contribution in [0, 0.1) is 0 Å². The Morgan fingerprint density at radius 3 is 2.70 bits per heavy atom. The molecule has 110 valence electrons. The van der Waals surface area contributed by atoms with E-state index in [9.17, 15) is 18.0 Å². The Balaban J connectivity index is 0.00000147. The van der Waals surface area contributed by atoms with E-state index < -0.39 is 17.6 Å². The molecule has 0 aliphatic carbocycles. The highest BCUT2D eigenvalue weighted by Gasteiger charge is 2.45. The van der Waals surface area contributed by atoms with Gasteiger partial charge in [0.1, 0.15) is 0 Å². The van der Waals surface area contributed by atoms with E-state index in [0.717, 1.165) is 6.07 Å². The van der Waals surface area contributed by atoms with Crippen LogP contribution in [0.2, 0.25) is 0 Å². The van der Waals surface area contributed by atoms with Crippen molar-refractivity contribution in [3.05, 3.63) is 34.9 Å². The molecule has 0 spiro atoms. The van der Waals surface area contributed by atoms with Crippen molar-refractivity contribution in [3.8, 4) is 0 Å². The van der Waals surface area contributed by atoms with Crippen LogP contribution in [0.15, 0.2) is 18.2 Å². The van der Waals surface area contributed by atoms with E-state index in [1.807, 2.05) is 6.92 Å². The fourth-order valence-electron chi connectivity index (χ4n) is 2.88. The highest BCUT2D eigenvalue weighted by molar-refractivity contribution is 6.01. The number of piperazine rings is 1. The second-order valence-corrected chi connectivity index (χ2v) is 5.05. The number of halogens is 4. The molecule has 2 heterocycles. The number of hydrogen-bond donors (Lipinski definition) is 1. The molecule has 1 aromatic rings. The van der Waals surface area contributed by atoms with E-state index in [1.165, 1.54) is 6.07 Å². The number of benzene rings is 1. The molecule has 1 unspecified atom stereocenters. The Morgan fingerprint density at radius 2 is 2.05 bits per heavy atom. The van der Waals surface area contributed by atoms with Crippen molar-refractivity contribution in [2.45, 2.75) is 25.2 Å². The topological polar surface area (TPSA) is 32.3 Å². The van der Waals surface area contributed by atoms with Crippen molar-refractivity contribution < 1.29 is 18.0 Å². The lowest BCUT2D eigenvalue weighted by molar-refractivity contribution is -0.137. The van der Waals surface area contributed by atoms with Gasteiger partial charge in [0.2, 0.25) is 0 Å². The molecule has 3 rings (SSSR count). The van der Waals surface area contributed by atoms with Gasteiger partial charge in [-0.3, -0.25) is 4.79 Å². The van der Waals surface area contributed by atoms with Crippen LogP contribution in [-0.2, 0) is 6.18 Å². The predicted octanol–water partition coefficient (Wildman–Crippen LogP) is 2.62. The van der Waals surface area contributed by atoms with Crippen molar-refractivity contribution in [2.75, 3.05) is 13.1 Å². The van der Waals surface area contributed by atoms with Gasteiger partial charge in [-0.25, -0.2) is 0 Å². The monoisotopic (exact) mass is 306 g/mol. The molecule has 3 nitrogen and oxygen atoms in total. The molecular weight excluding hydrogens is 293 g/mol. The first kappa shape index (κ1) is 15.1. The van der Waals surface area contributed by atoms with E-state index in [-0.39, 0.29) is 30.1 Å². The smallest absolute Gasteiger partial charge is 0.329 e. The molecule has 0 saturated carbocycles. The third-order valence-electron chi connectivity index (χ3n) is 3.74. The van der Waals surface area contributed by atoms with Gasteiger partial charge < -0.3 is 10.2 Å². The maximum absolute atomic E-state index is 13.0. The van der Waals surface area contributed by atoms with Gasteiger partial charge in [-0.05, 0) is 18.6 Å². The summed E-state index contributed by atoms with van der Waals surface area (Å²) in [4.78, 5) is 13.8. The summed E-state index contributed by atoms with van der Waals surface area (Å²) in [6.45, 7) is 2.86. The molecule has 0 radical (unpaired) electrons. The number of carbonyl (C=O) groups excluding carboxylic acids is 1. The van der Waals surface area contributed by atoms with Crippen molar-refractivity contribution in [2.24, 2.45) is 0 Å². The minimum absolute atomic E-state index is 0. The standard InChI is InChI=1S/C13H13F3N2O.ClH/c1-7-6-18-10(5-17-7)8-3-2-4-9(13(14,15)16)11(8)12(18)19;/h2-4,7,10,17H,5-6H2,1H3;1H/t7?,10-;/m0./s1. The SMILES string of the molecule is CC1CN2C(=O)c3c(cccc3C(F)(F)F)[C@@H]2CN1.Cl. The van der Waals surface area contributed by atoms with Crippen LogP contribution < -0.4 is 5.32 Å². The number of nitrogens with one attached hydrogen (secondary N) is 1. The Hall–Kier alpha value is -1.27. The lowest BCUT2D eigenvalue weighted by atomic mass is 9.98. The molecule has 1 fully saturated rings. The molecule has 0 bridgehead atoms. The largest absolute Gasteiger partial charge is 0.417 e. The van der Waals surface area contributed by atoms with E-state index in [2.05, 4.69) is 5.32 Å². The van der Waals surface area contributed by atoms with Crippen LogP contribution in [0.1, 0.15) is 34.5 Å². The summed E-state index contributed by atoms with van der Waals surface area (Å²) in [7, 11) is 0. The maximum atomic E-state index is 13.0. The quantitative estimate of drug-likeness (QED) is 0.799. The second kappa shape index (κ2) is 4.93. The molecule has 7 heteroatoms. The summed E-state index contributed by atoms with van der Waals surface area (Å²) in [5.41, 5.74) is -0.507. The molecule has 0 aromatic heterocycles. The summed E-state index contributed by atoms with van der Waals surface area (Å²) in [6.07, 6.45) is -4.49. The van der Waals surface area contributed by atoms with E-state index in [4.69, 9.17) is 0 Å². The zero-order chi connectivity index (χ0) is 13.8. The number of amides is 1. The first-order chi connectivity index (χ1) is 8.89. The minimum Gasteiger partial charge on any atom is -0.329 e. The van der Waals surface area contributed by atoms with E-state index in [0.29, 0.717) is 18.7 Å². The molecule has 1 amide bonds. The number of rotatable bonds is 0. The first-order valence-corrected chi connectivity index (χ1v) is 6.14. The van der Waals surface area contributed by atoms with Crippen molar-refractivity contribution >= 4 is 18.3 Å². The number of hydrogen-bond acceptors (Lipinski definition) is 2. The average Bonchev–Trinajstić information content (AvgIpc) is 2.62. The van der Waals surface area contributed by atoms with Crippen LogP contribution in [0.3, 0.4) is 0 Å². The Morgan fingerprint density at radius 1 is 1.35 bits per heavy atom. The van der Waals surface area contributed by atoms with E-state index in [1.54, 1.807) is 11.0 Å².